The molecule has 2 aliphatic heterocycles. The average Bonchev–Trinajstić information content (AvgIpc) is 2.97. The first-order valence-corrected chi connectivity index (χ1v) is 9.43. The summed E-state index contributed by atoms with van der Waals surface area (Å²) in [6.07, 6.45) is -3.34. The molecule has 2 aromatic rings. The third-order valence-corrected chi connectivity index (χ3v) is 5.63. The van der Waals surface area contributed by atoms with E-state index in [9.17, 15) is 18.0 Å². The zero-order valence-corrected chi connectivity index (χ0v) is 16.6. The van der Waals surface area contributed by atoms with Crippen molar-refractivity contribution in [3.8, 4) is 6.07 Å². The second-order valence-corrected chi connectivity index (χ2v) is 7.86. The zero-order chi connectivity index (χ0) is 21.7. The SMILES string of the molecule is C[C@@]12CN(c3cc(Cl)ncn3)CCN1C(=O)N(c1ccc(C#N)c(C(F)(F)F)c1)C2. The van der Waals surface area contributed by atoms with E-state index in [2.05, 4.69) is 9.97 Å². The molecule has 0 spiro atoms. The number of nitriles is 1. The first-order valence-electron chi connectivity index (χ1n) is 9.05. The Morgan fingerprint density at radius 2 is 1.97 bits per heavy atom. The molecule has 3 heterocycles. The molecule has 1 atom stereocenters. The number of fused-ring (bicyclic) bond motifs is 1. The van der Waals surface area contributed by atoms with E-state index >= 15 is 0 Å². The minimum absolute atomic E-state index is 0.110. The lowest BCUT2D eigenvalue weighted by Gasteiger charge is -2.44. The average molecular weight is 437 g/mol. The Morgan fingerprint density at radius 3 is 2.63 bits per heavy atom. The van der Waals surface area contributed by atoms with Crippen molar-refractivity contribution in [2.75, 3.05) is 36.0 Å². The third kappa shape index (κ3) is 3.39. The van der Waals surface area contributed by atoms with E-state index in [1.54, 1.807) is 17.0 Å². The van der Waals surface area contributed by atoms with E-state index in [4.69, 9.17) is 16.9 Å². The van der Waals surface area contributed by atoms with Crippen LogP contribution in [0.25, 0.3) is 0 Å². The fraction of sp³-hybridized carbons (Fsp3) is 0.368. The lowest BCUT2D eigenvalue weighted by molar-refractivity contribution is -0.137. The largest absolute Gasteiger partial charge is 0.417 e. The van der Waals surface area contributed by atoms with Gasteiger partial charge in [-0.3, -0.25) is 4.90 Å². The minimum atomic E-state index is -4.69. The molecule has 0 saturated carbocycles. The number of rotatable bonds is 2. The monoisotopic (exact) mass is 436 g/mol. The summed E-state index contributed by atoms with van der Waals surface area (Å²) in [4.78, 5) is 26.0. The smallest absolute Gasteiger partial charge is 0.352 e. The van der Waals surface area contributed by atoms with Crippen LogP contribution in [-0.4, -0.2) is 52.6 Å². The Labute approximate surface area is 175 Å². The summed E-state index contributed by atoms with van der Waals surface area (Å²) in [5.74, 6) is 0.625. The summed E-state index contributed by atoms with van der Waals surface area (Å²) < 4.78 is 40.0. The van der Waals surface area contributed by atoms with E-state index in [1.165, 1.54) is 17.3 Å². The maximum absolute atomic E-state index is 13.3. The first-order chi connectivity index (χ1) is 14.1. The van der Waals surface area contributed by atoms with E-state index in [-0.39, 0.29) is 18.3 Å². The Bertz CT molecular complexity index is 1060. The number of nitrogens with zero attached hydrogens (tertiary/aromatic N) is 6. The van der Waals surface area contributed by atoms with E-state index in [1.807, 2.05) is 11.8 Å². The van der Waals surface area contributed by atoms with Crippen molar-refractivity contribution < 1.29 is 18.0 Å². The van der Waals surface area contributed by atoms with Crippen LogP contribution in [0.15, 0.2) is 30.6 Å². The maximum Gasteiger partial charge on any atom is 0.417 e. The molecule has 4 rings (SSSR count). The summed E-state index contributed by atoms with van der Waals surface area (Å²) in [5, 5.41) is 9.29. The van der Waals surface area contributed by atoms with Gasteiger partial charge >= 0.3 is 12.2 Å². The van der Waals surface area contributed by atoms with Gasteiger partial charge in [0.1, 0.15) is 17.3 Å². The summed E-state index contributed by atoms with van der Waals surface area (Å²) in [6, 6.07) is 6.15. The zero-order valence-electron chi connectivity index (χ0n) is 15.8. The fourth-order valence-corrected chi connectivity index (χ4v) is 4.15. The second-order valence-electron chi connectivity index (χ2n) is 7.48. The second kappa shape index (κ2) is 7.02. The number of carbonyl (C=O) groups excluding carboxylic acids is 1. The van der Waals surface area contributed by atoms with Crippen molar-refractivity contribution in [2.24, 2.45) is 0 Å². The highest BCUT2D eigenvalue weighted by atomic mass is 35.5. The van der Waals surface area contributed by atoms with Crippen molar-refractivity contribution in [1.29, 1.82) is 5.26 Å². The highest BCUT2D eigenvalue weighted by Crippen LogP contribution is 2.38. The molecule has 0 aliphatic carbocycles. The number of urea groups is 1. The van der Waals surface area contributed by atoms with Gasteiger partial charge in [0.15, 0.2) is 0 Å². The number of aromatic nitrogens is 2. The number of amides is 2. The van der Waals surface area contributed by atoms with E-state index < -0.39 is 22.8 Å². The molecule has 2 aliphatic rings. The van der Waals surface area contributed by atoms with Gasteiger partial charge in [0.2, 0.25) is 0 Å². The van der Waals surface area contributed by atoms with Gasteiger partial charge in [0, 0.05) is 31.4 Å². The summed E-state index contributed by atoms with van der Waals surface area (Å²) in [6.45, 7) is 3.41. The number of benzene rings is 1. The van der Waals surface area contributed by atoms with Crippen LogP contribution in [0.1, 0.15) is 18.1 Å². The van der Waals surface area contributed by atoms with Crippen molar-refractivity contribution >= 4 is 29.1 Å². The predicted molar refractivity (Wildman–Crippen MR) is 103 cm³/mol. The topological polar surface area (TPSA) is 76.4 Å². The molecule has 1 aromatic heterocycles. The van der Waals surface area contributed by atoms with Crippen molar-refractivity contribution in [3.05, 3.63) is 46.9 Å². The standard InChI is InChI=1S/C19H16ClF3N6O/c1-18-9-27(16-7-15(20)25-11-26-16)4-5-29(18)17(30)28(10-18)13-3-2-12(8-24)14(6-13)19(21,22)23/h2-3,6-7,11H,4-5,9-10H2,1H3/t18-/m0/s1. The number of anilines is 2. The van der Waals surface area contributed by atoms with Crippen LogP contribution in [0, 0.1) is 11.3 Å². The summed E-state index contributed by atoms with van der Waals surface area (Å²) in [5.41, 5.74) is -2.06. The van der Waals surface area contributed by atoms with Crippen LogP contribution in [-0.2, 0) is 6.18 Å². The fourth-order valence-electron chi connectivity index (χ4n) is 4.01. The van der Waals surface area contributed by atoms with Crippen molar-refractivity contribution in [3.63, 3.8) is 0 Å². The maximum atomic E-state index is 13.3. The molecule has 0 N–H and O–H groups in total. The van der Waals surface area contributed by atoms with Gasteiger partial charge in [0.05, 0.1) is 29.3 Å². The van der Waals surface area contributed by atoms with Crippen LogP contribution >= 0.6 is 11.6 Å². The summed E-state index contributed by atoms with van der Waals surface area (Å²) >= 11 is 5.95. The quantitative estimate of drug-likeness (QED) is 0.673. The molecular formula is C19H16ClF3N6O. The number of piperazine rings is 1. The van der Waals surface area contributed by atoms with Crippen LogP contribution in [0.3, 0.4) is 0 Å². The highest BCUT2D eigenvalue weighted by molar-refractivity contribution is 6.29. The van der Waals surface area contributed by atoms with Gasteiger partial charge in [0.25, 0.3) is 0 Å². The molecule has 156 valence electrons. The van der Waals surface area contributed by atoms with E-state index in [0.717, 1.165) is 12.1 Å². The molecule has 2 saturated heterocycles. The Morgan fingerprint density at radius 1 is 1.20 bits per heavy atom. The molecule has 30 heavy (non-hydrogen) atoms. The van der Waals surface area contributed by atoms with Crippen LogP contribution < -0.4 is 9.80 Å². The van der Waals surface area contributed by atoms with Crippen molar-refractivity contribution in [1.82, 2.24) is 14.9 Å². The molecule has 2 fully saturated rings. The van der Waals surface area contributed by atoms with Gasteiger partial charge < -0.3 is 9.80 Å². The van der Waals surface area contributed by atoms with Crippen LogP contribution in [0.2, 0.25) is 5.15 Å². The number of hydrogen-bond donors (Lipinski definition) is 0. The minimum Gasteiger partial charge on any atom is -0.352 e. The first kappa shape index (κ1) is 20.2. The Kier molecular flexibility index (Phi) is 4.73. The summed E-state index contributed by atoms with van der Waals surface area (Å²) in [7, 11) is 0. The predicted octanol–water partition coefficient (Wildman–Crippen LogP) is 3.54. The molecule has 2 amide bonds. The number of hydrogen-bond acceptors (Lipinski definition) is 5. The molecule has 0 bridgehead atoms. The van der Waals surface area contributed by atoms with Crippen LogP contribution in [0.5, 0.6) is 0 Å². The molecular weight excluding hydrogens is 421 g/mol. The van der Waals surface area contributed by atoms with Crippen molar-refractivity contribution in [2.45, 2.75) is 18.6 Å². The number of alkyl halides is 3. The molecule has 0 radical (unpaired) electrons. The van der Waals surface area contributed by atoms with Gasteiger partial charge in [-0.2, -0.15) is 18.4 Å². The van der Waals surface area contributed by atoms with E-state index in [0.29, 0.717) is 30.6 Å². The van der Waals surface area contributed by atoms with Gasteiger partial charge in [-0.1, -0.05) is 11.6 Å². The van der Waals surface area contributed by atoms with Gasteiger partial charge in [-0.15, -0.1) is 0 Å². The lowest BCUT2D eigenvalue weighted by atomic mass is 9.98. The Balaban J connectivity index is 1.64. The molecule has 1 aromatic carbocycles. The molecule has 7 nitrogen and oxygen atoms in total. The van der Waals surface area contributed by atoms with Gasteiger partial charge in [-0.05, 0) is 25.1 Å². The number of carbonyl (C=O) groups is 1. The third-order valence-electron chi connectivity index (χ3n) is 5.42. The normalized spacial score (nSPS) is 21.6. The van der Waals surface area contributed by atoms with Gasteiger partial charge in [-0.25, -0.2) is 14.8 Å². The Hall–Kier alpha value is -3.06. The number of halogens is 4. The molecule has 0 unspecified atom stereocenters. The lowest BCUT2D eigenvalue weighted by Crippen LogP contribution is -2.60. The van der Waals surface area contributed by atoms with Crippen LogP contribution in [0.4, 0.5) is 29.5 Å². The highest BCUT2D eigenvalue weighted by Gasteiger charge is 2.50. The molecule has 11 heteroatoms.